The Hall–Kier alpha value is -3.14. The molecule has 0 spiro atoms. The van der Waals surface area contributed by atoms with E-state index < -0.39 is 0 Å². The maximum atomic E-state index is 13.1. The molecule has 1 heterocycles. The van der Waals surface area contributed by atoms with Crippen LogP contribution in [0.5, 0.6) is 0 Å². The third-order valence-electron chi connectivity index (χ3n) is 6.01. The van der Waals surface area contributed by atoms with E-state index in [1.165, 1.54) is 0 Å². The highest BCUT2D eigenvalue weighted by molar-refractivity contribution is 6.07. The first kappa shape index (κ1) is 20.1. The molecule has 4 rings (SSSR count). The number of likely N-dealkylation sites (tertiary alicyclic amines) is 1. The average molecular weight is 401 g/mol. The van der Waals surface area contributed by atoms with Gasteiger partial charge >= 0.3 is 0 Å². The first-order valence-electron chi connectivity index (χ1n) is 10.7. The van der Waals surface area contributed by atoms with Crippen LogP contribution in [0, 0.1) is 5.92 Å². The number of nitrogens with one attached hydrogen (secondary N) is 1. The lowest BCUT2D eigenvalue weighted by molar-refractivity contribution is -0.121. The largest absolute Gasteiger partial charge is 0.339 e. The SMILES string of the molecule is CC(C)c1ccccc1NC(=O)C1CCN(C(=O)c2cccc3ccccc23)CC1. The summed E-state index contributed by atoms with van der Waals surface area (Å²) in [6, 6.07) is 21.8. The second kappa shape index (κ2) is 8.70. The molecule has 1 fully saturated rings. The van der Waals surface area contributed by atoms with Crippen molar-refractivity contribution in [3.8, 4) is 0 Å². The number of hydrogen-bond donors (Lipinski definition) is 1. The zero-order chi connectivity index (χ0) is 21.1. The zero-order valence-corrected chi connectivity index (χ0v) is 17.6. The van der Waals surface area contributed by atoms with Crippen LogP contribution in [0.1, 0.15) is 48.5 Å². The van der Waals surface area contributed by atoms with Crippen LogP contribution in [0.3, 0.4) is 0 Å². The van der Waals surface area contributed by atoms with E-state index >= 15 is 0 Å². The van der Waals surface area contributed by atoms with Crippen LogP contribution < -0.4 is 5.32 Å². The summed E-state index contributed by atoms with van der Waals surface area (Å²) < 4.78 is 0. The van der Waals surface area contributed by atoms with Gasteiger partial charge in [0.2, 0.25) is 5.91 Å². The molecule has 0 aromatic heterocycles. The Kier molecular flexibility index (Phi) is 5.84. The molecule has 0 atom stereocenters. The molecule has 4 nitrogen and oxygen atoms in total. The topological polar surface area (TPSA) is 49.4 Å². The molecule has 1 aliphatic heterocycles. The monoisotopic (exact) mass is 400 g/mol. The molecule has 0 radical (unpaired) electrons. The maximum absolute atomic E-state index is 13.1. The number of benzene rings is 3. The molecule has 3 aromatic carbocycles. The van der Waals surface area contributed by atoms with Gasteiger partial charge in [-0.25, -0.2) is 0 Å². The van der Waals surface area contributed by atoms with Gasteiger partial charge in [0.15, 0.2) is 0 Å². The van der Waals surface area contributed by atoms with Gasteiger partial charge in [0.1, 0.15) is 0 Å². The summed E-state index contributed by atoms with van der Waals surface area (Å²) in [6.45, 7) is 5.46. The summed E-state index contributed by atoms with van der Waals surface area (Å²) >= 11 is 0. The lowest BCUT2D eigenvalue weighted by atomic mass is 9.94. The van der Waals surface area contributed by atoms with E-state index in [4.69, 9.17) is 0 Å². The molecule has 0 aliphatic carbocycles. The van der Waals surface area contributed by atoms with Gasteiger partial charge in [-0.15, -0.1) is 0 Å². The molecule has 4 heteroatoms. The van der Waals surface area contributed by atoms with Crippen molar-refractivity contribution in [2.24, 2.45) is 5.92 Å². The summed E-state index contributed by atoms with van der Waals surface area (Å²) in [4.78, 5) is 27.9. The molecular weight excluding hydrogens is 372 g/mol. The lowest BCUT2D eigenvalue weighted by Crippen LogP contribution is -2.41. The first-order chi connectivity index (χ1) is 14.5. The molecule has 3 aromatic rings. The Balaban J connectivity index is 1.41. The van der Waals surface area contributed by atoms with E-state index in [1.807, 2.05) is 65.6 Å². The quantitative estimate of drug-likeness (QED) is 0.633. The molecule has 30 heavy (non-hydrogen) atoms. The van der Waals surface area contributed by atoms with E-state index in [0.717, 1.165) is 27.6 Å². The lowest BCUT2D eigenvalue weighted by Gasteiger charge is -2.32. The van der Waals surface area contributed by atoms with Crippen molar-refractivity contribution in [2.75, 3.05) is 18.4 Å². The van der Waals surface area contributed by atoms with Gasteiger partial charge in [-0.05, 0) is 47.2 Å². The van der Waals surface area contributed by atoms with Gasteiger partial charge in [-0.2, -0.15) is 0 Å². The first-order valence-corrected chi connectivity index (χ1v) is 10.7. The number of carbonyl (C=O) groups is 2. The molecule has 1 N–H and O–H groups in total. The van der Waals surface area contributed by atoms with E-state index in [1.54, 1.807) is 0 Å². The van der Waals surface area contributed by atoms with E-state index in [9.17, 15) is 9.59 Å². The Morgan fingerprint density at radius 1 is 0.900 bits per heavy atom. The van der Waals surface area contributed by atoms with Crippen LogP contribution in [0.25, 0.3) is 10.8 Å². The third kappa shape index (κ3) is 4.09. The Morgan fingerprint density at radius 2 is 1.57 bits per heavy atom. The van der Waals surface area contributed by atoms with Crippen molar-refractivity contribution < 1.29 is 9.59 Å². The summed E-state index contributed by atoms with van der Waals surface area (Å²) in [5.74, 6) is 0.389. The van der Waals surface area contributed by atoms with Crippen molar-refractivity contribution in [3.63, 3.8) is 0 Å². The number of para-hydroxylation sites is 1. The van der Waals surface area contributed by atoms with Crippen LogP contribution in [0.2, 0.25) is 0 Å². The van der Waals surface area contributed by atoms with Crippen molar-refractivity contribution in [3.05, 3.63) is 77.9 Å². The predicted molar refractivity (Wildman–Crippen MR) is 122 cm³/mol. The molecule has 2 amide bonds. The zero-order valence-electron chi connectivity index (χ0n) is 17.6. The Labute approximate surface area is 177 Å². The molecular formula is C26H28N2O2. The van der Waals surface area contributed by atoms with Crippen LogP contribution in [-0.2, 0) is 4.79 Å². The smallest absolute Gasteiger partial charge is 0.254 e. The molecule has 1 saturated heterocycles. The Morgan fingerprint density at radius 3 is 2.33 bits per heavy atom. The van der Waals surface area contributed by atoms with Crippen molar-refractivity contribution >= 4 is 28.3 Å². The molecule has 0 unspecified atom stereocenters. The summed E-state index contributed by atoms with van der Waals surface area (Å²) in [5, 5.41) is 5.17. The van der Waals surface area contributed by atoms with Gasteiger partial charge in [0.05, 0.1) is 0 Å². The fraction of sp³-hybridized carbons (Fsp3) is 0.308. The minimum Gasteiger partial charge on any atom is -0.339 e. The molecule has 0 bridgehead atoms. The van der Waals surface area contributed by atoms with E-state index in [0.29, 0.717) is 31.8 Å². The normalized spacial score (nSPS) is 14.8. The predicted octanol–water partition coefficient (Wildman–Crippen LogP) is 5.45. The fourth-order valence-corrected chi connectivity index (χ4v) is 4.28. The number of amides is 2. The molecule has 1 aliphatic rings. The summed E-state index contributed by atoms with van der Waals surface area (Å²) in [7, 11) is 0. The van der Waals surface area contributed by atoms with Crippen molar-refractivity contribution in [1.82, 2.24) is 4.90 Å². The molecule has 0 saturated carbocycles. The number of anilines is 1. The van der Waals surface area contributed by atoms with Crippen molar-refractivity contribution in [2.45, 2.75) is 32.6 Å². The number of hydrogen-bond acceptors (Lipinski definition) is 2. The van der Waals surface area contributed by atoms with Gasteiger partial charge < -0.3 is 10.2 Å². The van der Waals surface area contributed by atoms with Crippen molar-refractivity contribution in [1.29, 1.82) is 0 Å². The number of nitrogens with zero attached hydrogens (tertiary/aromatic N) is 1. The van der Waals surface area contributed by atoms with Gasteiger partial charge in [0.25, 0.3) is 5.91 Å². The van der Waals surface area contributed by atoms with Crippen LogP contribution in [-0.4, -0.2) is 29.8 Å². The minimum absolute atomic E-state index is 0.0517. The maximum Gasteiger partial charge on any atom is 0.254 e. The molecule has 154 valence electrons. The summed E-state index contributed by atoms with van der Waals surface area (Å²) in [6.07, 6.45) is 1.37. The number of rotatable bonds is 4. The highest BCUT2D eigenvalue weighted by atomic mass is 16.2. The fourth-order valence-electron chi connectivity index (χ4n) is 4.28. The van der Waals surface area contributed by atoms with E-state index in [-0.39, 0.29) is 17.7 Å². The highest BCUT2D eigenvalue weighted by Crippen LogP contribution is 2.27. The van der Waals surface area contributed by atoms with Crippen LogP contribution in [0.4, 0.5) is 5.69 Å². The third-order valence-corrected chi connectivity index (χ3v) is 6.01. The van der Waals surface area contributed by atoms with Crippen LogP contribution in [0.15, 0.2) is 66.7 Å². The summed E-state index contributed by atoms with van der Waals surface area (Å²) in [5.41, 5.74) is 2.78. The second-order valence-corrected chi connectivity index (χ2v) is 8.32. The van der Waals surface area contributed by atoms with Gasteiger partial charge in [-0.3, -0.25) is 9.59 Å². The minimum atomic E-state index is -0.0678. The number of fused-ring (bicyclic) bond motifs is 1. The standard InChI is InChI=1S/C26H28N2O2/c1-18(2)21-10-5-6-13-24(21)27-25(29)20-14-16-28(17-15-20)26(30)23-12-7-9-19-8-3-4-11-22(19)23/h3-13,18,20H,14-17H2,1-2H3,(H,27,29). The van der Waals surface area contributed by atoms with Gasteiger partial charge in [0, 0.05) is 30.3 Å². The van der Waals surface area contributed by atoms with E-state index in [2.05, 4.69) is 25.2 Å². The highest BCUT2D eigenvalue weighted by Gasteiger charge is 2.28. The van der Waals surface area contributed by atoms with Crippen LogP contribution >= 0.6 is 0 Å². The number of carbonyl (C=O) groups excluding carboxylic acids is 2. The average Bonchev–Trinajstić information content (AvgIpc) is 2.78. The second-order valence-electron chi connectivity index (χ2n) is 8.32. The number of piperidine rings is 1. The Bertz CT molecular complexity index is 1060. The van der Waals surface area contributed by atoms with Gasteiger partial charge in [-0.1, -0.05) is 68.4 Å².